The van der Waals surface area contributed by atoms with Gasteiger partial charge in [0.2, 0.25) is 11.8 Å². The van der Waals surface area contributed by atoms with Crippen molar-refractivity contribution in [3.8, 4) is 11.8 Å². The Kier molecular flexibility index (Phi) is 5.43. The fourth-order valence-electron chi connectivity index (χ4n) is 1.39. The predicted molar refractivity (Wildman–Crippen MR) is 63.0 cm³/mol. The molecule has 1 heterocycles. The van der Waals surface area contributed by atoms with E-state index in [1.165, 1.54) is 0 Å². The molecule has 0 N–H and O–H groups in total. The van der Waals surface area contributed by atoms with Crippen molar-refractivity contribution >= 4 is 17.6 Å². The van der Waals surface area contributed by atoms with Crippen LogP contribution in [0.5, 0.6) is 11.8 Å². The van der Waals surface area contributed by atoms with Crippen LogP contribution in [0.25, 0.3) is 0 Å². The lowest BCUT2D eigenvalue weighted by Gasteiger charge is -2.14. The molecule has 0 spiro atoms. The van der Waals surface area contributed by atoms with Crippen molar-refractivity contribution in [2.75, 3.05) is 13.7 Å². The molecule has 0 fully saturated rings. The molecule has 0 saturated carbocycles. The number of pyridine rings is 1. The van der Waals surface area contributed by atoms with Gasteiger partial charge in [-0.25, -0.2) is 4.79 Å². The van der Waals surface area contributed by atoms with Crippen molar-refractivity contribution in [1.29, 1.82) is 0 Å². The number of hydrogen-bond donors (Lipinski definition) is 0. The number of hydrogen-bond acceptors (Lipinski definition) is 5. The minimum absolute atomic E-state index is 0.0659. The molecule has 0 aliphatic rings. The molecule has 5 nitrogen and oxygen atoms in total. The van der Waals surface area contributed by atoms with Gasteiger partial charge in [0.1, 0.15) is 5.56 Å². The fraction of sp³-hybridized carbons (Fsp3) is 0.455. The number of esters is 1. The molecule has 0 amide bonds. The molecule has 0 aromatic carbocycles. The molecule has 0 aliphatic heterocycles. The maximum absolute atomic E-state index is 12.2. The summed E-state index contributed by atoms with van der Waals surface area (Å²) in [5, 5.41) is 0. The standard InChI is InChI=1S/C11H11ClF3NO4/c1-3-19-10(17)8-6(5-12)4-7(16-9(8)18-2)20-11(13,14)15/h4H,3,5H2,1-2H3. The monoisotopic (exact) mass is 313 g/mol. The van der Waals surface area contributed by atoms with E-state index < -0.39 is 18.2 Å². The second-order valence-corrected chi connectivity index (χ2v) is 3.67. The maximum atomic E-state index is 12.2. The summed E-state index contributed by atoms with van der Waals surface area (Å²) in [7, 11) is 1.15. The number of halogens is 4. The van der Waals surface area contributed by atoms with Gasteiger partial charge in [0.15, 0.2) is 0 Å². The van der Waals surface area contributed by atoms with Crippen molar-refractivity contribution < 1.29 is 32.2 Å². The van der Waals surface area contributed by atoms with Crippen LogP contribution in [-0.4, -0.2) is 31.0 Å². The number of alkyl halides is 4. The van der Waals surface area contributed by atoms with Crippen molar-refractivity contribution in [3.05, 3.63) is 17.2 Å². The van der Waals surface area contributed by atoms with Crippen LogP contribution >= 0.6 is 11.6 Å². The normalized spacial score (nSPS) is 11.1. The van der Waals surface area contributed by atoms with Gasteiger partial charge in [-0.1, -0.05) is 0 Å². The summed E-state index contributed by atoms with van der Waals surface area (Å²) in [5.41, 5.74) is -0.0601. The van der Waals surface area contributed by atoms with E-state index in [2.05, 4.69) is 9.72 Å². The van der Waals surface area contributed by atoms with Gasteiger partial charge in [-0.05, 0) is 12.5 Å². The SMILES string of the molecule is CCOC(=O)c1c(CCl)cc(OC(F)(F)F)nc1OC. The molecule has 0 unspecified atom stereocenters. The number of methoxy groups -OCH3 is 1. The minimum Gasteiger partial charge on any atom is -0.480 e. The molecule has 0 radical (unpaired) electrons. The number of carbonyl (C=O) groups is 1. The summed E-state index contributed by atoms with van der Waals surface area (Å²) in [6.07, 6.45) is -4.91. The van der Waals surface area contributed by atoms with Crippen LogP contribution in [0, 0.1) is 0 Å². The second kappa shape index (κ2) is 6.65. The zero-order valence-corrected chi connectivity index (χ0v) is 11.3. The Balaban J connectivity index is 3.28. The number of aromatic nitrogens is 1. The van der Waals surface area contributed by atoms with E-state index in [-0.39, 0.29) is 29.5 Å². The molecular formula is C11H11ClF3NO4. The van der Waals surface area contributed by atoms with Gasteiger partial charge < -0.3 is 14.2 Å². The molecule has 0 bridgehead atoms. The van der Waals surface area contributed by atoms with Crippen LogP contribution in [-0.2, 0) is 10.6 Å². The van der Waals surface area contributed by atoms with Crippen LogP contribution in [0.1, 0.15) is 22.8 Å². The Labute approximate surface area is 117 Å². The lowest BCUT2D eigenvalue weighted by atomic mass is 10.1. The van der Waals surface area contributed by atoms with Crippen LogP contribution in [0.4, 0.5) is 13.2 Å². The van der Waals surface area contributed by atoms with Gasteiger partial charge in [0.25, 0.3) is 0 Å². The molecule has 0 saturated heterocycles. The minimum atomic E-state index is -4.91. The highest BCUT2D eigenvalue weighted by atomic mass is 35.5. The molecule has 9 heteroatoms. The lowest BCUT2D eigenvalue weighted by Crippen LogP contribution is -2.19. The molecule has 112 valence electrons. The zero-order valence-electron chi connectivity index (χ0n) is 10.6. The molecular weight excluding hydrogens is 303 g/mol. The van der Waals surface area contributed by atoms with E-state index in [1.807, 2.05) is 0 Å². The van der Waals surface area contributed by atoms with Gasteiger partial charge >= 0.3 is 12.3 Å². The van der Waals surface area contributed by atoms with Gasteiger partial charge in [-0.3, -0.25) is 0 Å². The largest absolute Gasteiger partial charge is 0.574 e. The average Bonchev–Trinajstić information content (AvgIpc) is 2.35. The predicted octanol–water partition coefficient (Wildman–Crippen LogP) is 2.90. The maximum Gasteiger partial charge on any atom is 0.574 e. The van der Waals surface area contributed by atoms with Crippen LogP contribution in [0.3, 0.4) is 0 Å². The molecule has 1 aromatic rings. The highest BCUT2D eigenvalue weighted by molar-refractivity contribution is 6.17. The third-order valence-corrected chi connectivity index (χ3v) is 2.37. The third-order valence-electron chi connectivity index (χ3n) is 2.08. The van der Waals surface area contributed by atoms with E-state index in [9.17, 15) is 18.0 Å². The Morgan fingerprint density at radius 1 is 1.45 bits per heavy atom. The smallest absolute Gasteiger partial charge is 0.480 e. The van der Waals surface area contributed by atoms with Gasteiger partial charge in [0.05, 0.1) is 13.7 Å². The fourth-order valence-corrected chi connectivity index (χ4v) is 1.60. The van der Waals surface area contributed by atoms with Gasteiger partial charge in [-0.15, -0.1) is 24.8 Å². The number of ether oxygens (including phenoxy) is 3. The van der Waals surface area contributed by atoms with Crippen molar-refractivity contribution in [1.82, 2.24) is 4.98 Å². The average molecular weight is 314 g/mol. The highest BCUT2D eigenvalue weighted by Crippen LogP contribution is 2.30. The Morgan fingerprint density at radius 3 is 2.55 bits per heavy atom. The van der Waals surface area contributed by atoms with Crippen LogP contribution < -0.4 is 9.47 Å². The van der Waals surface area contributed by atoms with E-state index in [0.29, 0.717) is 0 Å². The quantitative estimate of drug-likeness (QED) is 0.618. The van der Waals surface area contributed by atoms with E-state index in [0.717, 1.165) is 13.2 Å². The first-order valence-corrected chi connectivity index (χ1v) is 5.92. The van der Waals surface area contributed by atoms with Gasteiger partial charge in [0, 0.05) is 11.9 Å². The third kappa shape index (κ3) is 4.16. The first kappa shape index (κ1) is 16.4. The Morgan fingerprint density at radius 2 is 2.10 bits per heavy atom. The summed E-state index contributed by atoms with van der Waals surface area (Å²) in [5.74, 6) is -2.13. The summed E-state index contributed by atoms with van der Waals surface area (Å²) in [6.45, 7) is 1.67. The van der Waals surface area contributed by atoms with Gasteiger partial charge in [-0.2, -0.15) is 4.98 Å². The van der Waals surface area contributed by atoms with Crippen LogP contribution in [0.15, 0.2) is 6.07 Å². The molecule has 0 atom stereocenters. The number of rotatable bonds is 5. The molecule has 0 aliphatic carbocycles. The molecule has 20 heavy (non-hydrogen) atoms. The van der Waals surface area contributed by atoms with Crippen molar-refractivity contribution in [3.63, 3.8) is 0 Å². The summed E-state index contributed by atoms with van der Waals surface area (Å²) in [4.78, 5) is 15.2. The van der Waals surface area contributed by atoms with Crippen molar-refractivity contribution in [2.45, 2.75) is 19.2 Å². The molecule has 1 rings (SSSR count). The summed E-state index contributed by atoms with van der Waals surface area (Å²) >= 11 is 5.62. The summed E-state index contributed by atoms with van der Waals surface area (Å²) in [6, 6.07) is 0.912. The van der Waals surface area contributed by atoms with E-state index >= 15 is 0 Å². The van der Waals surface area contributed by atoms with E-state index in [4.69, 9.17) is 21.1 Å². The zero-order chi connectivity index (χ0) is 15.3. The molecule has 1 aromatic heterocycles. The first-order valence-electron chi connectivity index (χ1n) is 5.39. The second-order valence-electron chi connectivity index (χ2n) is 3.41. The number of nitrogens with zero attached hydrogens (tertiary/aromatic N) is 1. The Hall–Kier alpha value is -1.70. The van der Waals surface area contributed by atoms with E-state index in [1.54, 1.807) is 6.92 Å². The first-order chi connectivity index (χ1) is 9.32. The summed E-state index contributed by atoms with van der Waals surface area (Å²) < 4.78 is 49.7. The highest BCUT2D eigenvalue weighted by Gasteiger charge is 2.33. The topological polar surface area (TPSA) is 57.7 Å². The Bertz CT molecular complexity index is 468. The van der Waals surface area contributed by atoms with Crippen molar-refractivity contribution in [2.24, 2.45) is 0 Å². The van der Waals surface area contributed by atoms with Crippen LogP contribution in [0.2, 0.25) is 0 Å². The number of carbonyl (C=O) groups excluding carboxylic acids is 1. The lowest BCUT2D eigenvalue weighted by molar-refractivity contribution is -0.276.